The summed E-state index contributed by atoms with van der Waals surface area (Å²) in [5, 5.41) is 0.684. The van der Waals surface area contributed by atoms with E-state index < -0.39 is 0 Å². The van der Waals surface area contributed by atoms with E-state index in [1.165, 1.54) is 5.56 Å². The molecule has 0 saturated carbocycles. The second-order valence-corrected chi connectivity index (χ2v) is 13.6. The van der Waals surface area contributed by atoms with Crippen LogP contribution in [-0.2, 0) is 16.7 Å². The summed E-state index contributed by atoms with van der Waals surface area (Å²) in [6, 6.07) is 11.5. The van der Waals surface area contributed by atoms with Gasteiger partial charge in [0.05, 0.1) is 39.8 Å². The Hall–Kier alpha value is -4.12. The molecule has 2 aliphatic rings. The largest absolute Gasteiger partial charge is 0.493 e. The number of benzene rings is 2. The lowest BCUT2D eigenvalue weighted by Crippen LogP contribution is -2.41. The number of imidazole rings is 1. The predicted octanol–water partition coefficient (Wildman–Crippen LogP) is 6.96. The highest BCUT2D eigenvalue weighted by Crippen LogP contribution is 2.42. The average Bonchev–Trinajstić information content (AvgIpc) is 3.78. The normalized spacial score (nSPS) is 18.6. The fourth-order valence-electron chi connectivity index (χ4n) is 7.31. The van der Waals surface area contributed by atoms with E-state index >= 15 is 0 Å². The van der Waals surface area contributed by atoms with E-state index in [9.17, 15) is 9.59 Å². The minimum absolute atomic E-state index is 0.0786. The van der Waals surface area contributed by atoms with Crippen LogP contribution >= 0.6 is 11.6 Å². The standard InChI is InChI=1S/C40H51ClN4O6/c1-6-8-9-10-33-27-42-38(45(33)23-24-51-7-2)36(46)29-15-19-43(20-16-29)21-17-40(31-11-13-32(41)14-12-31)18-22-44(28-40)39(47)30-25-34(48-3)37(50-5)35(26-30)49-4/h6,8-14,25-27,29H,7,15-24,28H2,1-5H3/b8-6-,10-9-. The second kappa shape index (κ2) is 17.9. The summed E-state index contributed by atoms with van der Waals surface area (Å²) in [4.78, 5) is 36.7. The Morgan fingerprint density at radius 3 is 2.31 bits per heavy atom. The van der Waals surface area contributed by atoms with Gasteiger partial charge in [-0.3, -0.25) is 9.59 Å². The molecule has 3 aromatic rings. The fraction of sp³-hybridized carbons (Fsp3) is 0.475. The summed E-state index contributed by atoms with van der Waals surface area (Å²) < 4.78 is 24.1. The molecule has 2 fully saturated rings. The molecule has 274 valence electrons. The number of nitrogens with zero attached hydrogens (tertiary/aromatic N) is 4. The molecule has 10 nitrogen and oxygen atoms in total. The van der Waals surface area contributed by atoms with Crippen molar-refractivity contribution >= 4 is 29.4 Å². The molecule has 1 atom stereocenters. The molecule has 0 spiro atoms. The Morgan fingerprint density at radius 2 is 1.69 bits per heavy atom. The van der Waals surface area contributed by atoms with Gasteiger partial charge in [0, 0.05) is 48.2 Å². The second-order valence-electron chi connectivity index (χ2n) is 13.1. The number of aromatic nitrogens is 2. The van der Waals surface area contributed by atoms with E-state index in [0.717, 1.165) is 51.0 Å². The van der Waals surface area contributed by atoms with Gasteiger partial charge in [-0.15, -0.1) is 0 Å². The molecule has 0 N–H and O–H groups in total. The van der Waals surface area contributed by atoms with Gasteiger partial charge in [-0.1, -0.05) is 42.0 Å². The van der Waals surface area contributed by atoms with Crippen LogP contribution in [0.2, 0.25) is 5.02 Å². The van der Waals surface area contributed by atoms with Crippen LogP contribution < -0.4 is 14.2 Å². The van der Waals surface area contributed by atoms with Gasteiger partial charge in [0.15, 0.2) is 17.3 Å². The third-order valence-corrected chi connectivity index (χ3v) is 10.5. The van der Waals surface area contributed by atoms with E-state index in [-0.39, 0.29) is 23.0 Å². The summed E-state index contributed by atoms with van der Waals surface area (Å²) in [6.07, 6.45) is 12.9. The Labute approximate surface area is 307 Å². The topological polar surface area (TPSA) is 95.4 Å². The molecular weight excluding hydrogens is 668 g/mol. The smallest absolute Gasteiger partial charge is 0.254 e. The number of hydrogen-bond acceptors (Lipinski definition) is 8. The molecule has 0 radical (unpaired) electrons. The third kappa shape index (κ3) is 8.86. The van der Waals surface area contributed by atoms with E-state index in [0.29, 0.717) is 66.5 Å². The van der Waals surface area contributed by atoms with Gasteiger partial charge >= 0.3 is 0 Å². The highest BCUT2D eigenvalue weighted by Gasteiger charge is 2.42. The molecule has 2 aromatic carbocycles. The molecule has 0 bridgehead atoms. The first-order chi connectivity index (χ1) is 24.8. The maximum atomic E-state index is 13.9. The molecule has 5 rings (SSSR count). The van der Waals surface area contributed by atoms with Crippen LogP contribution in [-0.4, -0.2) is 98.3 Å². The zero-order valence-corrected chi connectivity index (χ0v) is 31.3. The van der Waals surface area contributed by atoms with Crippen LogP contribution in [0.25, 0.3) is 6.08 Å². The highest BCUT2D eigenvalue weighted by atomic mass is 35.5. The van der Waals surface area contributed by atoms with Gasteiger partial charge in [0.2, 0.25) is 11.5 Å². The van der Waals surface area contributed by atoms with Crippen molar-refractivity contribution in [2.24, 2.45) is 5.92 Å². The van der Waals surface area contributed by atoms with E-state index in [4.69, 9.17) is 30.5 Å². The number of piperidine rings is 1. The number of methoxy groups -OCH3 is 3. The van der Waals surface area contributed by atoms with Crippen LogP contribution in [0, 0.1) is 5.92 Å². The number of carbonyl (C=O) groups excluding carboxylic acids is 2. The van der Waals surface area contributed by atoms with Crippen molar-refractivity contribution < 1.29 is 28.5 Å². The fourth-order valence-corrected chi connectivity index (χ4v) is 7.44. The van der Waals surface area contributed by atoms with Crippen molar-refractivity contribution in [3.63, 3.8) is 0 Å². The van der Waals surface area contributed by atoms with Crippen molar-refractivity contribution in [1.82, 2.24) is 19.4 Å². The first-order valence-corrected chi connectivity index (χ1v) is 18.2. The quantitative estimate of drug-likeness (QED) is 0.0892. The molecule has 11 heteroatoms. The number of rotatable bonds is 16. The predicted molar refractivity (Wildman–Crippen MR) is 200 cm³/mol. The molecule has 2 saturated heterocycles. The van der Waals surface area contributed by atoms with Crippen LogP contribution in [0.4, 0.5) is 0 Å². The van der Waals surface area contributed by atoms with Crippen molar-refractivity contribution in [3.05, 3.63) is 88.5 Å². The van der Waals surface area contributed by atoms with Crippen LogP contribution in [0.15, 0.2) is 60.8 Å². The number of likely N-dealkylation sites (tertiary alicyclic amines) is 2. The van der Waals surface area contributed by atoms with Crippen molar-refractivity contribution in [2.45, 2.75) is 51.5 Å². The van der Waals surface area contributed by atoms with Gasteiger partial charge in [0.1, 0.15) is 0 Å². The summed E-state index contributed by atoms with van der Waals surface area (Å²) in [5.74, 6) is 1.80. The molecule has 1 amide bonds. The number of amides is 1. The number of carbonyl (C=O) groups is 2. The number of allylic oxidation sites excluding steroid dienone is 3. The Kier molecular flexibility index (Phi) is 13.4. The average molecular weight is 719 g/mol. The summed E-state index contributed by atoms with van der Waals surface area (Å²) in [7, 11) is 4.64. The Morgan fingerprint density at radius 1 is 0.980 bits per heavy atom. The maximum Gasteiger partial charge on any atom is 0.254 e. The number of ether oxygens (including phenoxy) is 4. The van der Waals surface area contributed by atoms with Gasteiger partial charge < -0.3 is 33.3 Å². The first kappa shape index (κ1) is 38.1. The molecule has 1 unspecified atom stereocenters. The van der Waals surface area contributed by atoms with Gasteiger partial charge in [-0.05, 0) is 95.1 Å². The van der Waals surface area contributed by atoms with Crippen molar-refractivity contribution in [3.8, 4) is 17.2 Å². The summed E-state index contributed by atoms with van der Waals surface area (Å²) >= 11 is 6.31. The first-order valence-electron chi connectivity index (χ1n) is 17.8. The molecular formula is C40H51ClN4O6. The minimum Gasteiger partial charge on any atom is -0.493 e. The molecule has 2 aliphatic heterocycles. The van der Waals surface area contributed by atoms with Gasteiger partial charge in [-0.2, -0.15) is 0 Å². The number of hydrogen-bond donors (Lipinski definition) is 0. The number of halogens is 1. The highest BCUT2D eigenvalue weighted by molar-refractivity contribution is 6.30. The van der Waals surface area contributed by atoms with E-state index in [2.05, 4.69) is 22.0 Å². The van der Waals surface area contributed by atoms with E-state index in [1.54, 1.807) is 39.7 Å². The van der Waals surface area contributed by atoms with Crippen LogP contribution in [0.3, 0.4) is 0 Å². The molecule has 3 heterocycles. The SMILES string of the molecule is C/C=C\C=C/c1cnc(C(=O)C2CCN(CCC3(c4ccc(Cl)cc4)CCN(C(=O)c4cc(OC)c(OC)c(OC)c4)C3)CC2)n1CCOCC. The van der Waals surface area contributed by atoms with Crippen molar-refractivity contribution in [2.75, 3.05) is 67.3 Å². The minimum atomic E-state index is -0.240. The third-order valence-electron chi connectivity index (χ3n) is 10.2. The molecule has 1 aromatic heterocycles. The monoisotopic (exact) mass is 718 g/mol. The zero-order valence-electron chi connectivity index (χ0n) is 30.5. The lowest BCUT2D eigenvalue weighted by molar-refractivity contribution is 0.0777. The van der Waals surface area contributed by atoms with Crippen LogP contribution in [0.5, 0.6) is 17.2 Å². The Balaban J connectivity index is 1.27. The Bertz CT molecular complexity index is 1670. The zero-order chi connectivity index (χ0) is 36.4. The molecule has 51 heavy (non-hydrogen) atoms. The van der Waals surface area contributed by atoms with Gasteiger partial charge in [0.25, 0.3) is 5.91 Å². The molecule has 0 aliphatic carbocycles. The summed E-state index contributed by atoms with van der Waals surface area (Å²) in [5.41, 5.74) is 2.32. The summed E-state index contributed by atoms with van der Waals surface area (Å²) in [6.45, 7) is 9.39. The lowest BCUT2D eigenvalue weighted by atomic mass is 9.76. The van der Waals surface area contributed by atoms with Gasteiger partial charge in [-0.25, -0.2) is 4.98 Å². The van der Waals surface area contributed by atoms with Crippen molar-refractivity contribution in [1.29, 1.82) is 0 Å². The lowest BCUT2D eigenvalue weighted by Gasteiger charge is -2.36. The number of Topliss-reactive ketones (excluding diaryl/α,β-unsaturated/α-hetero) is 1. The van der Waals surface area contributed by atoms with E-state index in [1.807, 2.05) is 59.8 Å². The van der Waals surface area contributed by atoms with Crippen LogP contribution in [0.1, 0.15) is 71.8 Å². The number of ketones is 1. The maximum absolute atomic E-state index is 13.9.